The SMILES string of the molecule is C#CCN(C1CCS(=O)(=O)C1)S(=O)(=O)c1ccc(Br)cc1Br. The van der Waals surface area contributed by atoms with Gasteiger partial charge in [-0.3, -0.25) is 0 Å². The van der Waals surface area contributed by atoms with Crippen LogP contribution in [-0.2, 0) is 19.9 Å². The summed E-state index contributed by atoms with van der Waals surface area (Å²) in [7, 11) is -7.10. The summed E-state index contributed by atoms with van der Waals surface area (Å²) >= 11 is 6.49. The van der Waals surface area contributed by atoms with Crippen LogP contribution in [0.3, 0.4) is 0 Å². The maximum absolute atomic E-state index is 12.8. The lowest BCUT2D eigenvalue weighted by Gasteiger charge is -2.25. The molecule has 1 unspecified atom stereocenters. The lowest BCUT2D eigenvalue weighted by Crippen LogP contribution is -2.41. The average Bonchev–Trinajstić information content (AvgIpc) is 2.75. The van der Waals surface area contributed by atoms with Gasteiger partial charge in [0.15, 0.2) is 9.84 Å². The zero-order valence-corrected chi connectivity index (χ0v) is 16.2. The Hall–Kier alpha value is -0.400. The highest BCUT2D eigenvalue weighted by atomic mass is 79.9. The molecule has 5 nitrogen and oxygen atoms in total. The van der Waals surface area contributed by atoms with E-state index in [0.29, 0.717) is 4.47 Å². The van der Waals surface area contributed by atoms with Gasteiger partial charge < -0.3 is 0 Å². The molecular weight excluding hydrogens is 458 g/mol. The van der Waals surface area contributed by atoms with Gasteiger partial charge in [-0.15, -0.1) is 6.42 Å². The molecule has 1 aromatic rings. The molecule has 0 saturated carbocycles. The second-order valence-electron chi connectivity index (χ2n) is 4.89. The van der Waals surface area contributed by atoms with Gasteiger partial charge in [0.1, 0.15) is 0 Å². The first-order chi connectivity index (χ1) is 10.2. The number of nitrogens with zero attached hydrogens (tertiary/aromatic N) is 1. The fourth-order valence-corrected chi connectivity index (χ4v) is 7.41. The fraction of sp³-hybridized carbons (Fsp3) is 0.385. The van der Waals surface area contributed by atoms with E-state index >= 15 is 0 Å². The van der Waals surface area contributed by atoms with E-state index in [1.165, 1.54) is 6.07 Å². The Morgan fingerprint density at radius 2 is 2.05 bits per heavy atom. The highest BCUT2D eigenvalue weighted by Crippen LogP contribution is 2.31. The number of hydrogen-bond donors (Lipinski definition) is 0. The van der Waals surface area contributed by atoms with Crippen molar-refractivity contribution in [2.24, 2.45) is 0 Å². The molecule has 1 saturated heterocycles. The summed E-state index contributed by atoms with van der Waals surface area (Å²) in [6, 6.07) is 4.06. The van der Waals surface area contributed by atoms with Crippen molar-refractivity contribution in [2.45, 2.75) is 17.4 Å². The molecule has 1 aliphatic heterocycles. The maximum Gasteiger partial charge on any atom is 0.245 e. The van der Waals surface area contributed by atoms with Gasteiger partial charge in [0.2, 0.25) is 10.0 Å². The molecule has 0 aromatic heterocycles. The summed E-state index contributed by atoms with van der Waals surface area (Å²) in [4.78, 5) is 0.0650. The molecule has 2 rings (SSSR count). The minimum absolute atomic E-state index is 0.0181. The largest absolute Gasteiger partial charge is 0.245 e. The van der Waals surface area contributed by atoms with Crippen LogP contribution in [0.1, 0.15) is 6.42 Å². The Labute approximate surface area is 147 Å². The van der Waals surface area contributed by atoms with Gasteiger partial charge in [-0.2, -0.15) is 4.31 Å². The normalized spacial score (nSPS) is 20.9. The summed E-state index contributed by atoms with van der Waals surface area (Å²) in [5.74, 6) is 2.10. The van der Waals surface area contributed by atoms with E-state index in [9.17, 15) is 16.8 Å². The molecule has 0 aliphatic carbocycles. The van der Waals surface area contributed by atoms with Crippen LogP contribution in [0, 0.1) is 12.3 Å². The van der Waals surface area contributed by atoms with Crippen molar-refractivity contribution in [2.75, 3.05) is 18.1 Å². The van der Waals surface area contributed by atoms with Gasteiger partial charge in [0, 0.05) is 15.0 Å². The van der Waals surface area contributed by atoms with Gasteiger partial charge in [0.25, 0.3) is 0 Å². The monoisotopic (exact) mass is 469 g/mol. The van der Waals surface area contributed by atoms with Crippen molar-refractivity contribution in [3.8, 4) is 12.3 Å². The summed E-state index contributed by atoms with van der Waals surface area (Å²) in [5, 5.41) is 0. The van der Waals surface area contributed by atoms with Gasteiger partial charge >= 0.3 is 0 Å². The van der Waals surface area contributed by atoms with Gasteiger partial charge in [-0.05, 0) is 40.5 Å². The molecular formula is C13H13Br2NO4S2. The molecule has 1 fully saturated rings. The number of halogens is 2. The Kier molecular flexibility index (Phi) is 5.39. The van der Waals surface area contributed by atoms with Crippen molar-refractivity contribution in [3.63, 3.8) is 0 Å². The number of hydrogen-bond acceptors (Lipinski definition) is 4. The molecule has 1 aromatic carbocycles. The molecule has 1 atom stereocenters. The maximum atomic E-state index is 12.8. The topological polar surface area (TPSA) is 71.5 Å². The molecule has 0 amide bonds. The van der Waals surface area contributed by atoms with Crippen molar-refractivity contribution in [1.29, 1.82) is 0 Å². The summed E-state index contributed by atoms with van der Waals surface area (Å²) in [6.07, 6.45) is 5.54. The second kappa shape index (κ2) is 6.61. The van der Waals surface area contributed by atoms with E-state index in [2.05, 4.69) is 37.8 Å². The van der Waals surface area contributed by atoms with E-state index < -0.39 is 25.9 Å². The summed E-state index contributed by atoms with van der Waals surface area (Å²) in [6.45, 7) is -0.162. The van der Waals surface area contributed by atoms with Crippen LogP contribution in [0.4, 0.5) is 0 Å². The predicted molar refractivity (Wildman–Crippen MR) is 91.6 cm³/mol. The van der Waals surface area contributed by atoms with E-state index in [-0.39, 0.29) is 29.4 Å². The Bertz CT molecular complexity index is 828. The molecule has 0 N–H and O–H groups in total. The van der Waals surface area contributed by atoms with Crippen LogP contribution >= 0.6 is 31.9 Å². The first-order valence-electron chi connectivity index (χ1n) is 6.28. The smallest absolute Gasteiger partial charge is 0.229 e. The number of terminal acetylenes is 1. The summed E-state index contributed by atoms with van der Waals surface area (Å²) in [5.41, 5.74) is 0. The van der Waals surface area contributed by atoms with Gasteiger partial charge in [-0.1, -0.05) is 21.9 Å². The first-order valence-corrected chi connectivity index (χ1v) is 11.1. The standard InChI is InChI=1S/C13H13Br2NO4S2/c1-2-6-16(11-5-7-21(17,18)9-11)22(19,20)13-4-3-10(14)8-12(13)15/h1,3-4,8,11H,5-7,9H2. The quantitative estimate of drug-likeness (QED) is 0.631. The van der Waals surface area contributed by atoms with Crippen molar-refractivity contribution >= 4 is 51.7 Å². The van der Waals surface area contributed by atoms with Gasteiger partial charge in [0.05, 0.1) is 22.9 Å². The lowest BCUT2D eigenvalue weighted by atomic mass is 10.3. The van der Waals surface area contributed by atoms with Crippen LogP contribution in [0.15, 0.2) is 32.0 Å². The molecule has 1 heterocycles. The average molecular weight is 471 g/mol. The Morgan fingerprint density at radius 1 is 1.36 bits per heavy atom. The number of sulfonamides is 1. The highest BCUT2D eigenvalue weighted by Gasteiger charge is 2.39. The molecule has 0 bridgehead atoms. The molecule has 22 heavy (non-hydrogen) atoms. The predicted octanol–water partition coefficient (Wildman–Crippen LogP) is 2.02. The fourth-order valence-electron chi connectivity index (χ4n) is 2.31. The molecule has 120 valence electrons. The zero-order valence-electron chi connectivity index (χ0n) is 11.4. The minimum atomic E-state index is -3.89. The summed E-state index contributed by atoms with van der Waals surface area (Å²) < 4.78 is 51.2. The molecule has 9 heteroatoms. The van der Waals surface area contributed by atoms with Crippen LogP contribution in [0.2, 0.25) is 0 Å². The number of rotatable bonds is 4. The lowest BCUT2D eigenvalue weighted by molar-refractivity contribution is 0.371. The molecule has 0 spiro atoms. The van der Waals surface area contributed by atoms with E-state index in [0.717, 1.165) is 8.78 Å². The number of benzene rings is 1. The van der Waals surface area contributed by atoms with E-state index in [1.54, 1.807) is 12.1 Å². The Morgan fingerprint density at radius 3 is 2.55 bits per heavy atom. The minimum Gasteiger partial charge on any atom is -0.229 e. The van der Waals surface area contributed by atoms with Crippen LogP contribution in [0.25, 0.3) is 0 Å². The van der Waals surface area contributed by atoms with Crippen LogP contribution < -0.4 is 0 Å². The zero-order chi connectivity index (χ0) is 16.5. The van der Waals surface area contributed by atoms with E-state index in [4.69, 9.17) is 6.42 Å². The molecule has 0 radical (unpaired) electrons. The molecule has 1 aliphatic rings. The second-order valence-corrected chi connectivity index (χ2v) is 10.7. The van der Waals surface area contributed by atoms with Crippen LogP contribution in [0.5, 0.6) is 0 Å². The van der Waals surface area contributed by atoms with Crippen molar-refractivity contribution in [3.05, 3.63) is 27.1 Å². The van der Waals surface area contributed by atoms with Gasteiger partial charge in [-0.25, -0.2) is 16.8 Å². The third kappa shape index (κ3) is 3.74. The Balaban J connectivity index is 2.45. The number of sulfone groups is 1. The highest BCUT2D eigenvalue weighted by molar-refractivity contribution is 9.11. The van der Waals surface area contributed by atoms with E-state index in [1.807, 2.05) is 0 Å². The van der Waals surface area contributed by atoms with Crippen LogP contribution in [-0.4, -0.2) is 45.2 Å². The van der Waals surface area contributed by atoms with Crippen molar-refractivity contribution in [1.82, 2.24) is 4.31 Å². The third-order valence-corrected chi connectivity index (χ3v) is 8.46. The van der Waals surface area contributed by atoms with Crippen molar-refractivity contribution < 1.29 is 16.8 Å². The first kappa shape index (κ1) is 17.9. The third-order valence-electron chi connectivity index (χ3n) is 3.34.